The van der Waals surface area contributed by atoms with Crippen LogP contribution in [0, 0.1) is 6.92 Å². The summed E-state index contributed by atoms with van der Waals surface area (Å²) in [6.07, 6.45) is 1.30. The van der Waals surface area contributed by atoms with Crippen molar-refractivity contribution in [2.75, 3.05) is 11.5 Å². The lowest BCUT2D eigenvalue weighted by Gasteiger charge is -2.13. The van der Waals surface area contributed by atoms with E-state index in [4.69, 9.17) is 5.73 Å². The van der Waals surface area contributed by atoms with Crippen LogP contribution in [0.2, 0.25) is 0 Å². The maximum absolute atomic E-state index is 11.4. The summed E-state index contributed by atoms with van der Waals surface area (Å²) in [6, 6.07) is 5.96. The largest absolute Gasteiger partial charge is 0.324 e. The van der Waals surface area contributed by atoms with Gasteiger partial charge in [-0.25, -0.2) is 8.42 Å². The van der Waals surface area contributed by atoms with Crippen molar-refractivity contribution in [3.8, 4) is 0 Å². The Morgan fingerprint density at radius 1 is 1.33 bits per heavy atom. The summed E-state index contributed by atoms with van der Waals surface area (Å²) in [5.74, 6) is 0.433. The average Bonchev–Trinajstić information content (AvgIpc) is 2.27. The van der Waals surface area contributed by atoms with E-state index in [9.17, 15) is 8.42 Å². The number of aryl methyl sites for hydroxylation is 1. The Hall–Kier alpha value is -0.390. The Bertz CT molecular complexity index is 479. The Kier molecular flexibility index (Phi) is 5.82. The molecule has 18 heavy (non-hydrogen) atoms. The lowest BCUT2D eigenvalue weighted by Crippen LogP contribution is -2.14. The third-order valence-electron chi connectivity index (χ3n) is 2.90. The van der Waals surface area contributed by atoms with E-state index in [2.05, 4.69) is 15.9 Å². The fourth-order valence-electron chi connectivity index (χ4n) is 1.81. The molecule has 2 N–H and O–H groups in total. The minimum Gasteiger partial charge on any atom is -0.324 e. The van der Waals surface area contributed by atoms with Gasteiger partial charge in [0, 0.05) is 16.3 Å². The predicted octanol–water partition coefficient (Wildman–Crippen LogP) is 2.97. The molecular weight excluding hydrogens is 314 g/mol. The highest BCUT2D eigenvalue weighted by Gasteiger charge is 2.11. The van der Waals surface area contributed by atoms with Crippen LogP contribution >= 0.6 is 15.9 Å². The standard InChI is InChI=1S/C13H20BrNO2S/c1-3-18(16,17)6-4-5-13(15)11-7-10(2)8-12(14)9-11/h7-9,13H,3-6,15H2,1-2H3. The van der Waals surface area contributed by atoms with Crippen molar-refractivity contribution in [1.29, 1.82) is 0 Å². The van der Waals surface area contributed by atoms with Crippen molar-refractivity contribution >= 4 is 25.8 Å². The number of rotatable bonds is 6. The van der Waals surface area contributed by atoms with Crippen LogP contribution in [0.4, 0.5) is 0 Å². The summed E-state index contributed by atoms with van der Waals surface area (Å²) in [7, 11) is -2.88. The van der Waals surface area contributed by atoms with Crippen LogP contribution in [0.25, 0.3) is 0 Å². The second-order valence-electron chi connectivity index (χ2n) is 4.55. The van der Waals surface area contributed by atoms with E-state index in [1.807, 2.05) is 25.1 Å². The smallest absolute Gasteiger partial charge is 0.150 e. The first-order valence-electron chi connectivity index (χ1n) is 6.07. The summed E-state index contributed by atoms with van der Waals surface area (Å²) in [5.41, 5.74) is 8.29. The first-order chi connectivity index (χ1) is 8.34. The van der Waals surface area contributed by atoms with Crippen LogP contribution < -0.4 is 5.73 Å². The molecule has 0 radical (unpaired) electrons. The Labute approximate surface area is 118 Å². The van der Waals surface area contributed by atoms with E-state index < -0.39 is 9.84 Å². The molecule has 1 aromatic rings. The summed E-state index contributed by atoms with van der Waals surface area (Å²) < 4.78 is 23.8. The molecule has 1 unspecified atom stereocenters. The lowest BCUT2D eigenvalue weighted by molar-refractivity contribution is 0.584. The minimum atomic E-state index is -2.88. The molecule has 102 valence electrons. The van der Waals surface area contributed by atoms with Crippen LogP contribution in [-0.2, 0) is 9.84 Å². The highest BCUT2D eigenvalue weighted by molar-refractivity contribution is 9.10. The molecule has 0 heterocycles. The first kappa shape index (κ1) is 15.7. The third-order valence-corrected chi connectivity index (χ3v) is 5.15. The van der Waals surface area contributed by atoms with Gasteiger partial charge in [0.2, 0.25) is 0 Å². The van der Waals surface area contributed by atoms with Crippen LogP contribution in [0.3, 0.4) is 0 Å². The Morgan fingerprint density at radius 3 is 2.56 bits per heavy atom. The van der Waals surface area contributed by atoms with E-state index >= 15 is 0 Å². The zero-order valence-corrected chi connectivity index (χ0v) is 13.2. The third kappa shape index (κ3) is 5.08. The maximum Gasteiger partial charge on any atom is 0.150 e. The molecular formula is C13H20BrNO2S. The summed E-state index contributed by atoms with van der Waals surface area (Å²) in [4.78, 5) is 0. The van der Waals surface area contributed by atoms with E-state index in [0.29, 0.717) is 12.8 Å². The van der Waals surface area contributed by atoms with Gasteiger partial charge in [-0.2, -0.15) is 0 Å². The van der Waals surface area contributed by atoms with Crippen LogP contribution in [0.1, 0.15) is 36.9 Å². The zero-order chi connectivity index (χ0) is 13.8. The molecule has 0 fully saturated rings. The molecule has 0 aliphatic heterocycles. The fourth-order valence-corrected chi connectivity index (χ4v) is 3.33. The molecule has 1 aromatic carbocycles. The fraction of sp³-hybridized carbons (Fsp3) is 0.538. The molecule has 0 aliphatic rings. The molecule has 0 amide bonds. The number of sulfone groups is 1. The van der Waals surface area contributed by atoms with Gasteiger partial charge in [0.05, 0.1) is 5.75 Å². The zero-order valence-electron chi connectivity index (χ0n) is 10.8. The molecule has 1 rings (SSSR count). The molecule has 0 saturated heterocycles. The maximum atomic E-state index is 11.4. The van der Waals surface area contributed by atoms with E-state index in [-0.39, 0.29) is 17.5 Å². The van der Waals surface area contributed by atoms with E-state index in [0.717, 1.165) is 15.6 Å². The van der Waals surface area contributed by atoms with Crippen molar-refractivity contribution in [1.82, 2.24) is 0 Å². The number of halogens is 1. The van der Waals surface area contributed by atoms with Gasteiger partial charge in [-0.05, 0) is 43.0 Å². The van der Waals surface area contributed by atoms with Crippen LogP contribution in [0.15, 0.2) is 22.7 Å². The molecule has 3 nitrogen and oxygen atoms in total. The highest BCUT2D eigenvalue weighted by Crippen LogP contribution is 2.22. The SMILES string of the molecule is CCS(=O)(=O)CCCC(N)c1cc(C)cc(Br)c1. The van der Waals surface area contributed by atoms with Crippen molar-refractivity contribution in [3.05, 3.63) is 33.8 Å². The normalized spacial score (nSPS) is 13.6. The number of benzene rings is 1. The molecule has 1 atom stereocenters. The van der Waals surface area contributed by atoms with Gasteiger partial charge in [-0.1, -0.05) is 28.9 Å². The van der Waals surface area contributed by atoms with Gasteiger partial charge in [0.1, 0.15) is 9.84 Å². The molecule has 0 saturated carbocycles. The van der Waals surface area contributed by atoms with Crippen molar-refractivity contribution in [3.63, 3.8) is 0 Å². The van der Waals surface area contributed by atoms with Gasteiger partial charge in [-0.3, -0.25) is 0 Å². The van der Waals surface area contributed by atoms with E-state index in [1.54, 1.807) is 6.92 Å². The van der Waals surface area contributed by atoms with Crippen molar-refractivity contribution in [2.45, 2.75) is 32.7 Å². The molecule has 0 aromatic heterocycles. The lowest BCUT2D eigenvalue weighted by atomic mass is 10.0. The molecule has 0 aliphatic carbocycles. The second-order valence-corrected chi connectivity index (χ2v) is 7.94. The molecule has 5 heteroatoms. The monoisotopic (exact) mass is 333 g/mol. The Balaban J connectivity index is 2.58. The number of hydrogen-bond acceptors (Lipinski definition) is 3. The van der Waals surface area contributed by atoms with Crippen molar-refractivity contribution in [2.24, 2.45) is 5.73 Å². The van der Waals surface area contributed by atoms with Gasteiger partial charge < -0.3 is 5.73 Å². The van der Waals surface area contributed by atoms with Gasteiger partial charge >= 0.3 is 0 Å². The quantitative estimate of drug-likeness (QED) is 0.870. The number of nitrogens with two attached hydrogens (primary N) is 1. The minimum absolute atomic E-state index is 0.103. The first-order valence-corrected chi connectivity index (χ1v) is 8.68. The van der Waals surface area contributed by atoms with Gasteiger partial charge in [0.25, 0.3) is 0 Å². The highest BCUT2D eigenvalue weighted by atomic mass is 79.9. The Morgan fingerprint density at radius 2 is 2.00 bits per heavy atom. The van der Waals surface area contributed by atoms with Gasteiger partial charge in [0.15, 0.2) is 0 Å². The van der Waals surface area contributed by atoms with Gasteiger partial charge in [-0.15, -0.1) is 0 Å². The average molecular weight is 334 g/mol. The topological polar surface area (TPSA) is 60.2 Å². The second kappa shape index (κ2) is 6.68. The van der Waals surface area contributed by atoms with Crippen molar-refractivity contribution < 1.29 is 8.42 Å². The summed E-state index contributed by atoms with van der Waals surface area (Å²) >= 11 is 3.44. The molecule has 0 bridgehead atoms. The van der Waals surface area contributed by atoms with E-state index in [1.165, 1.54) is 0 Å². The predicted molar refractivity (Wildman–Crippen MR) is 79.4 cm³/mol. The molecule has 0 spiro atoms. The summed E-state index contributed by atoms with van der Waals surface area (Å²) in [6.45, 7) is 3.69. The van der Waals surface area contributed by atoms with Crippen LogP contribution in [0.5, 0.6) is 0 Å². The summed E-state index contributed by atoms with van der Waals surface area (Å²) in [5, 5.41) is 0. The van der Waals surface area contributed by atoms with Crippen LogP contribution in [-0.4, -0.2) is 19.9 Å². The number of hydrogen-bond donors (Lipinski definition) is 1.